The van der Waals surface area contributed by atoms with Crippen molar-refractivity contribution < 1.29 is 4.79 Å². The number of nitrogens with one attached hydrogen (secondary N) is 2. The van der Waals surface area contributed by atoms with Crippen molar-refractivity contribution in [2.24, 2.45) is 0 Å². The predicted octanol–water partition coefficient (Wildman–Crippen LogP) is 3.89. The lowest BCUT2D eigenvalue weighted by Crippen LogP contribution is -2.22. The lowest BCUT2D eigenvalue weighted by atomic mass is 9.97. The number of carbonyl (C=O) groups is 1. The first kappa shape index (κ1) is 15.0. The first-order chi connectivity index (χ1) is 10.6. The number of fused-ring (bicyclic) bond motifs is 1. The highest BCUT2D eigenvalue weighted by atomic mass is 127. The molecule has 5 heteroatoms. The molecule has 3 aromatic rings. The first-order valence-corrected chi connectivity index (χ1v) is 8.21. The van der Waals surface area contributed by atoms with Crippen molar-refractivity contribution in [3.63, 3.8) is 0 Å². The molecule has 0 aliphatic heterocycles. The van der Waals surface area contributed by atoms with Gasteiger partial charge in [-0.15, -0.1) is 0 Å². The molecule has 0 bridgehead atoms. The molecule has 0 saturated carbocycles. The third kappa shape index (κ3) is 2.72. The molecule has 0 atom stereocenters. The van der Waals surface area contributed by atoms with E-state index in [1.807, 2.05) is 25.1 Å². The summed E-state index contributed by atoms with van der Waals surface area (Å²) in [5, 5.41) is 11.2. The number of rotatable bonds is 3. The summed E-state index contributed by atoms with van der Waals surface area (Å²) < 4.78 is 1.03. The van der Waals surface area contributed by atoms with Crippen LogP contribution >= 0.6 is 22.6 Å². The Labute approximate surface area is 142 Å². The molecule has 3 rings (SSSR count). The minimum absolute atomic E-state index is 0.0425. The van der Waals surface area contributed by atoms with Crippen molar-refractivity contribution in [3.05, 3.63) is 51.2 Å². The monoisotopic (exact) mass is 405 g/mol. The molecule has 1 amide bonds. The Kier molecular flexibility index (Phi) is 4.15. The van der Waals surface area contributed by atoms with E-state index >= 15 is 0 Å². The molecule has 0 radical (unpaired) electrons. The SMILES string of the molecule is CCNC(=O)c1ccc(C)c(-c2ccc3c(I)[nH]nc3c2)c1. The van der Waals surface area contributed by atoms with Crippen molar-refractivity contribution in [1.82, 2.24) is 15.5 Å². The van der Waals surface area contributed by atoms with Crippen LogP contribution in [0.25, 0.3) is 22.0 Å². The quantitative estimate of drug-likeness (QED) is 0.650. The molecule has 0 saturated heterocycles. The summed E-state index contributed by atoms with van der Waals surface area (Å²) in [4.78, 5) is 12.0. The Morgan fingerprint density at radius 1 is 1.27 bits per heavy atom. The number of hydrogen-bond donors (Lipinski definition) is 2. The summed E-state index contributed by atoms with van der Waals surface area (Å²) >= 11 is 2.24. The molecule has 0 aliphatic carbocycles. The van der Waals surface area contributed by atoms with E-state index in [2.05, 4.69) is 63.2 Å². The normalized spacial score (nSPS) is 10.9. The van der Waals surface area contributed by atoms with Crippen molar-refractivity contribution in [1.29, 1.82) is 0 Å². The summed E-state index contributed by atoms with van der Waals surface area (Å²) in [5.41, 5.74) is 4.88. The number of aromatic amines is 1. The maximum Gasteiger partial charge on any atom is 0.251 e. The van der Waals surface area contributed by atoms with Gasteiger partial charge in [-0.1, -0.05) is 12.1 Å². The van der Waals surface area contributed by atoms with Gasteiger partial charge < -0.3 is 5.32 Å². The van der Waals surface area contributed by atoms with Crippen LogP contribution in [0.5, 0.6) is 0 Å². The van der Waals surface area contributed by atoms with Crippen LogP contribution < -0.4 is 5.32 Å². The summed E-state index contributed by atoms with van der Waals surface area (Å²) in [7, 11) is 0. The van der Waals surface area contributed by atoms with Crippen LogP contribution in [0.1, 0.15) is 22.8 Å². The highest BCUT2D eigenvalue weighted by molar-refractivity contribution is 14.1. The second-order valence-electron chi connectivity index (χ2n) is 5.16. The molecule has 0 spiro atoms. The molecule has 2 N–H and O–H groups in total. The fourth-order valence-electron chi connectivity index (χ4n) is 2.48. The molecule has 1 heterocycles. The van der Waals surface area contributed by atoms with Gasteiger partial charge in [-0.05, 0) is 77.4 Å². The zero-order chi connectivity index (χ0) is 15.7. The van der Waals surface area contributed by atoms with Gasteiger partial charge in [0.1, 0.15) is 3.70 Å². The fourth-order valence-corrected chi connectivity index (χ4v) is 3.06. The molecule has 2 aromatic carbocycles. The molecule has 0 aliphatic rings. The number of halogens is 1. The molecular weight excluding hydrogens is 389 g/mol. The van der Waals surface area contributed by atoms with E-state index < -0.39 is 0 Å². The zero-order valence-electron chi connectivity index (χ0n) is 12.4. The lowest BCUT2D eigenvalue weighted by molar-refractivity contribution is 0.0956. The minimum Gasteiger partial charge on any atom is -0.352 e. The highest BCUT2D eigenvalue weighted by Gasteiger charge is 2.10. The first-order valence-electron chi connectivity index (χ1n) is 7.13. The largest absolute Gasteiger partial charge is 0.352 e. The summed E-state index contributed by atoms with van der Waals surface area (Å²) in [5.74, 6) is -0.0425. The highest BCUT2D eigenvalue weighted by Crippen LogP contribution is 2.28. The standard InChI is InChI=1S/C17H16IN3O/c1-3-19-17(22)12-5-4-10(2)14(8-12)11-6-7-13-15(9-11)20-21-16(13)18/h4-9H,3H2,1-2H3,(H,19,22)(H,20,21). The molecule has 0 unspecified atom stereocenters. The maximum absolute atomic E-state index is 12.0. The second kappa shape index (κ2) is 6.08. The van der Waals surface area contributed by atoms with Crippen molar-refractivity contribution in [3.8, 4) is 11.1 Å². The second-order valence-corrected chi connectivity index (χ2v) is 6.24. The van der Waals surface area contributed by atoms with E-state index in [0.717, 1.165) is 31.3 Å². The molecule has 4 nitrogen and oxygen atoms in total. The van der Waals surface area contributed by atoms with Gasteiger partial charge in [0.05, 0.1) is 5.52 Å². The molecule has 112 valence electrons. The van der Waals surface area contributed by atoms with E-state index in [1.54, 1.807) is 0 Å². The number of amides is 1. The number of nitrogens with zero attached hydrogens (tertiary/aromatic N) is 1. The maximum atomic E-state index is 12.0. The number of carbonyl (C=O) groups excluding carboxylic acids is 1. The number of aromatic nitrogens is 2. The van der Waals surface area contributed by atoms with Gasteiger partial charge >= 0.3 is 0 Å². The Morgan fingerprint density at radius 3 is 2.86 bits per heavy atom. The summed E-state index contributed by atoms with van der Waals surface area (Å²) in [6, 6.07) is 12.0. The molecule has 0 fully saturated rings. The fraction of sp³-hybridized carbons (Fsp3) is 0.176. The number of hydrogen-bond acceptors (Lipinski definition) is 2. The third-order valence-corrected chi connectivity index (χ3v) is 4.48. The number of aryl methyl sites for hydroxylation is 1. The summed E-state index contributed by atoms with van der Waals surface area (Å²) in [6.45, 7) is 4.59. The average Bonchev–Trinajstić information content (AvgIpc) is 2.89. The summed E-state index contributed by atoms with van der Waals surface area (Å²) in [6.07, 6.45) is 0. The van der Waals surface area contributed by atoms with Gasteiger partial charge in [-0.3, -0.25) is 9.89 Å². The van der Waals surface area contributed by atoms with E-state index in [4.69, 9.17) is 0 Å². The van der Waals surface area contributed by atoms with Crippen LogP contribution in [0.4, 0.5) is 0 Å². The van der Waals surface area contributed by atoms with Gasteiger partial charge in [-0.2, -0.15) is 5.10 Å². The van der Waals surface area contributed by atoms with Crippen LogP contribution in [-0.2, 0) is 0 Å². The Hall–Kier alpha value is -1.89. The molecule has 1 aromatic heterocycles. The van der Waals surface area contributed by atoms with E-state index in [1.165, 1.54) is 0 Å². The molecule has 22 heavy (non-hydrogen) atoms. The van der Waals surface area contributed by atoms with Crippen LogP contribution in [-0.4, -0.2) is 22.6 Å². The number of H-pyrrole nitrogens is 1. The van der Waals surface area contributed by atoms with Crippen LogP contribution in [0.2, 0.25) is 0 Å². The Bertz CT molecular complexity index is 854. The van der Waals surface area contributed by atoms with Crippen LogP contribution in [0.3, 0.4) is 0 Å². The molecular formula is C17H16IN3O. The van der Waals surface area contributed by atoms with Crippen molar-refractivity contribution in [2.75, 3.05) is 6.54 Å². The van der Waals surface area contributed by atoms with E-state index in [-0.39, 0.29) is 5.91 Å². The van der Waals surface area contributed by atoms with Gasteiger partial charge in [0, 0.05) is 17.5 Å². The Balaban J connectivity index is 2.08. The smallest absolute Gasteiger partial charge is 0.251 e. The zero-order valence-corrected chi connectivity index (χ0v) is 14.6. The van der Waals surface area contributed by atoms with Crippen molar-refractivity contribution in [2.45, 2.75) is 13.8 Å². The third-order valence-electron chi connectivity index (χ3n) is 3.66. The van der Waals surface area contributed by atoms with Gasteiger partial charge in [0.25, 0.3) is 5.91 Å². The minimum atomic E-state index is -0.0425. The van der Waals surface area contributed by atoms with Gasteiger partial charge in [-0.25, -0.2) is 0 Å². The topological polar surface area (TPSA) is 57.8 Å². The van der Waals surface area contributed by atoms with Crippen LogP contribution in [0.15, 0.2) is 36.4 Å². The van der Waals surface area contributed by atoms with Crippen LogP contribution in [0, 0.1) is 10.6 Å². The number of benzene rings is 2. The lowest BCUT2D eigenvalue weighted by Gasteiger charge is -2.09. The Morgan fingerprint density at radius 2 is 2.09 bits per heavy atom. The van der Waals surface area contributed by atoms with E-state index in [9.17, 15) is 4.79 Å². The van der Waals surface area contributed by atoms with Gasteiger partial charge in [0.2, 0.25) is 0 Å². The van der Waals surface area contributed by atoms with E-state index in [0.29, 0.717) is 12.1 Å². The predicted molar refractivity (Wildman–Crippen MR) is 97.0 cm³/mol. The van der Waals surface area contributed by atoms with Gasteiger partial charge in [0.15, 0.2) is 0 Å². The van der Waals surface area contributed by atoms with Crippen molar-refractivity contribution >= 4 is 39.4 Å². The average molecular weight is 405 g/mol.